The van der Waals surface area contributed by atoms with E-state index in [-0.39, 0.29) is 18.4 Å². The summed E-state index contributed by atoms with van der Waals surface area (Å²) in [6, 6.07) is 14.2. The summed E-state index contributed by atoms with van der Waals surface area (Å²) in [5, 5.41) is 5.33. The average molecular weight is 415 g/mol. The van der Waals surface area contributed by atoms with Crippen molar-refractivity contribution in [1.29, 1.82) is 0 Å². The lowest BCUT2D eigenvalue weighted by Gasteiger charge is -2.09. The van der Waals surface area contributed by atoms with E-state index in [1.807, 2.05) is 19.1 Å². The van der Waals surface area contributed by atoms with Crippen LogP contribution in [-0.2, 0) is 9.59 Å². The molecule has 8 heteroatoms. The van der Waals surface area contributed by atoms with Crippen molar-refractivity contribution in [3.63, 3.8) is 0 Å². The number of carbonyl (C=O) groups excluding carboxylic acids is 2. The Morgan fingerprint density at radius 3 is 2.36 bits per heavy atom. The minimum atomic E-state index is -0.261. The van der Waals surface area contributed by atoms with E-state index >= 15 is 0 Å². The molecule has 6 nitrogen and oxygen atoms in total. The Hall–Kier alpha value is -2.84. The van der Waals surface area contributed by atoms with E-state index < -0.39 is 0 Å². The number of nitrogens with one attached hydrogen (secondary N) is 2. The lowest BCUT2D eigenvalue weighted by molar-refractivity contribution is -0.118. The van der Waals surface area contributed by atoms with E-state index in [0.717, 1.165) is 11.3 Å². The van der Waals surface area contributed by atoms with Crippen LogP contribution in [0.2, 0.25) is 0 Å². The number of rotatable bonds is 7. The molecule has 0 spiro atoms. The van der Waals surface area contributed by atoms with Gasteiger partial charge in [0.2, 0.25) is 0 Å². The van der Waals surface area contributed by atoms with Gasteiger partial charge in [0.25, 0.3) is 11.8 Å². The Bertz CT molecular complexity index is 909. The molecule has 144 valence electrons. The lowest BCUT2D eigenvalue weighted by Crippen LogP contribution is -2.20. The predicted molar refractivity (Wildman–Crippen MR) is 114 cm³/mol. The molecule has 2 aromatic rings. The summed E-state index contributed by atoms with van der Waals surface area (Å²) in [4.78, 5) is 24.2. The topological polar surface area (TPSA) is 76.7 Å². The first-order valence-electron chi connectivity index (χ1n) is 8.54. The largest absolute Gasteiger partial charge is 0.494 e. The average Bonchev–Trinajstić information content (AvgIpc) is 3.00. The van der Waals surface area contributed by atoms with Gasteiger partial charge in [-0.3, -0.25) is 9.59 Å². The normalized spacial score (nSPS) is 14.7. The molecule has 0 radical (unpaired) electrons. The maximum Gasteiger partial charge on any atom is 0.263 e. The molecular formula is C20H18N2O4S2. The van der Waals surface area contributed by atoms with Crippen molar-refractivity contribution in [2.45, 2.75) is 6.92 Å². The summed E-state index contributed by atoms with van der Waals surface area (Å²) in [6.45, 7) is 2.39. The Morgan fingerprint density at radius 1 is 1.11 bits per heavy atom. The number of amides is 2. The van der Waals surface area contributed by atoms with Gasteiger partial charge in [0.1, 0.15) is 15.8 Å². The van der Waals surface area contributed by atoms with Gasteiger partial charge in [0.05, 0.1) is 11.5 Å². The first-order valence-corrected chi connectivity index (χ1v) is 9.76. The minimum absolute atomic E-state index is 0.111. The van der Waals surface area contributed by atoms with Crippen molar-refractivity contribution in [1.82, 2.24) is 5.32 Å². The number of thiocarbonyl (C=S) groups is 1. The van der Waals surface area contributed by atoms with Crippen molar-refractivity contribution >= 4 is 51.9 Å². The predicted octanol–water partition coefficient (Wildman–Crippen LogP) is 3.59. The van der Waals surface area contributed by atoms with Gasteiger partial charge >= 0.3 is 0 Å². The summed E-state index contributed by atoms with van der Waals surface area (Å²) in [5.74, 6) is 0.856. The van der Waals surface area contributed by atoms with Crippen LogP contribution in [0.3, 0.4) is 0 Å². The van der Waals surface area contributed by atoms with Crippen molar-refractivity contribution in [2.24, 2.45) is 0 Å². The van der Waals surface area contributed by atoms with E-state index in [1.165, 1.54) is 11.8 Å². The third-order valence-electron chi connectivity index (χ3n) is 3.64. The van der Waals surface area contributed by atoms with Crippen LogP contribution in [0, 0.1) is 0 Å². The number of thioether (sulfide) groups is 1. The maximum absolute atomic E-state index is 12.0. The second-order valence-corrected chi connectivity index (χ2v) is 7.43. The molecule has 0 unspecified atom stereocenters. The smallest absolute Gasteiger partial charge is 0.263 e. The molecule has 1 aliphatic rings. The zero-order valence-corrected chi connectivity index (χ0v) is 16.7. The van der Waals surface area contributed by atoms with Crippen LogP contribution in [-0.4, -0.2) is 29.3 Å². The fourth-order valence-electron chi connectivity index (χ4n) is 2.38. The van der Waals surface area contributed by atoms with Crippen LogP contribution in [0.1, 0.15) is 12.5 Å². The van der Waals surface area contributed by atoms with Gasteiger partial charge in [0, 0.05) is 5.69 Å². The van der Waals surface area contributed by atoms with Crippen LogP contribution >= 0.6 is 24.0 Å². The summed E-state index contributed by atoms with van der Waals surface area (Å²) in [5.41, 5.74) is 1.51. The molecule has 0 aromatic heterocycles. The lowest BCUT2D eigenvalue weighted by atomic mass is 10.2. The molecule has 3 rings (SSSR count). The van der Waals surface area contributed by atoms with Gasteiger partial charge in [-0.1, -0.05) is 36.1 Å². The van der Waals surface area contributed by atoms with Crippen molar-refractivity contribution in [3.8, 4) is 11.5 Å². The minimum Gasteiger partial charge on any atom is -0.494 e. The number of benzene rings is 2. The highest BCUT2D eigenvalue weighted by molar-refractivity contribution is 8.26. The SMILES string of the molecule is CCOc1ccc(NC(=O)COc2ccc(/C=C3\SC(=S)NC3=O)cc2)cc1. The Morgan fingerprint density at radius 2 is 1.75 bits per heavy atom. The molecule has 2 amide bonds. The second kappa shape index (κ2) is 9.38. The highest BCUT2D eigenvalue weighted by Crippen LogP contribution is 2.26. The molecule has 0 bridgehead atoms. The van der Waals surface area contributed by atoms with Crippen LogP contribution in [0.5, 0.6) is 11.5 Å². The van der Waals surface area contributed by atoms with E-state index in [9.17, 15) is 9.59 Å². The molecular weight excluding hydrogens is 396 g/mol. The molecule has 2 aromatic carbocycles. The van der Waals surface area contributed by atoms with Crippen molar-refractivity contribution in [2.75, 3.05) is 18.5 Å². The van der Waals surface area contributed by atoms with Crippen molar-refractivity contribution < 1.29 is 19.1 Å². The summed E-state index contributed by atoms with van der Waals surface area (Å²) in [7, 11) is 0. The number of ether oxygens (including phenoxy) is 2. The Balaban J connectivity index is 1.50. The third kappa shape index (κ3) is 5.58. The van der Waals surface area contributed by atoms with E-state index in [2.05, 4.69) is 10.6 Å². The highest BCUT2D eigenvalue weighted by atomic mass is 32.2. The molecule has 0 aliphatic carbocycles. The van der Waals surface area contributed by atoms with Gasteiger partial charge in [-0.25, -0.2) is 0 Å². The third-order valence-corrected chi connectivity index (χ3v) is 4.80. The van der Waals surface area contributed by atoms with Gasteiger partial charge in [-0.2, -0.15) is 0 Å². The monoisotopic (exact) mass is 414 g/mol. The van der Waals surface area contributed by atoms with Crippen LogP contribution < -0.4 is 20.1 Å². The molecule has 2 N–H and O–H groups in total. The first-order chi connectivity index (χ1) is 13.5. The van der Waals surface area contributed by atoms with E-state index in [0.29, 0.717) is 27.3 Å². The Labute approximate surface area is 172 Å². The maximum atomic E-state index is 12.0. The summed E-state index contributed by atoms with van der Waals surface area (Å²) < 4.78 is 11.3. The standard InChI is InChI=1S/C20H18N2O4S2/c1-2-25-15-9-5-14(6-10-15)21-18(23)12-26-16-7-3-13(4-8-16)11-17-19(24)22-20(27)28-17/h3-11H,2,12H2,1H3,(H,21,23)(H,22,24,27)/b17-11-. The van der Waals surface area contributed by atoms with E-state index in [1.54, 1.807) is 42.5 Å². The van der Waals surface area contributed by atoms with Crippen LogP contribution in [0.4, 0.5) is 5.69 Å². The quantitative estimate of drug-likeness (QED) is 0.533. The number of carbonyl (C=O) groups is 2. The molecule has 1 heterocycles. The van der Waals surface area contributed by atoms with E-state index in [4.69, 9.17) is 21.7 Å². The van der Waals surface area contributed by atoms with Gasteiger partial charge in [-0.05, 0) is 55.0 Å². The molecule has 1 aliphatic heterocycles. The first kappa shape index (κ1) is 19.9. The fourth-order valence-corrected chi connectivity index (χ4v) is 3.42. The Kier molecular flexibility index (Phi) is 6.67. The molecule has 0 saturated carbocycles. The van der Waals surface area contributed by atoms with Gasteiger partial charge in [-0.15, -0.1) is 0 Å². The second-order valence-electron chi connectivity index (χ2n) is 5.72. The molecule has 28 heavy (non-hydrogen) atoms. The highest BCUT2D eigenvalue weighted by Gasteiger charge is 2.21. The van der Waals surface area contributed by atoms with Gasteiger partial charge in [0.15, 0.2) is 6.61 Å². The molecule has 1 fully saturated rings. The number of hydrogen-bond acceptors (Lipinski definition) is 6. The number of hydrogen-bond donors (Lipinski definition) is 2. The van der Waals surface area contributed by atoms with Crippen LogP contribution in [0.25, 0.3) is 6.08 Å². The fraction of sp³-hybridized carbons (Fsp3) is 0.150. The van der Waals surface area contributed by atoms with Crippen LogP contribution in [0.15, 0.2) is 53.4 Å². The zero-order chi connectivity index (χ0) is 19.9. The molecule has 0 atom stereocenters. The number of anilines is 1. The summed E-state index contributed by atoms with van der Waals surface area (Å²) in [6.07, 6.45) is 1.75. The van der Waals surface area contributed by atoms with Gasteiger partial charge < -0.3 is 20.1 Å². The van der Waals surface area contributed by atoms with Crippen molar-refractivity contribution in [3.05, 3.63) is 59.0 Å². The summed E-state index contributed by atoms with van der Waals surface area (Å²) >= 11 is 6.19. The zero-order valence-electron chi connectivity index (χ0n) is 15.1. The molecule has 1 saturated heterocycles.